The molecule has 1 aromatic rings. The van der Waals surface area contributed by atoms with E-state index in [-0.39, 0.29) is 6.04 Å². The minimum Gasteiger partial charge on any atom is -0.481 e. The Morgan fingerprint density at radius 1 is 1.36 bits per heavy atom. The van der Waals surface area contributed by atoms with Gasteiger partial charge in [-0.1, -0.05) is 0 Å². The first-order valence-corrected chi connectivity index (χ1v) is 8.04. The lowest BCUT2D eigenvalue weighted by Crippen LogP contribution is -2.42. The van der Waals surface area contributed by atoms with Gasteiger partial charge in [-0.05, 0) is 19.3 Å². The number of urea groups is 1. The summed E-state index contributed by atoms with van der Waals surface area (Å²) in [6, 6.07) is -0.988. The van der Waals surface area contributed by atoms with E-state index >= 15 is 0 Å². The third kappa shape index (κ3) is 3.42. The molecule has 3 atom stereocenters. The number of fused-ring (bicyclic) bond motifs is 1. The van der Waals surface area contributed by atoms with Crippen LogP contribution in [-0.2, 0) is 18.3 Å². The molecule has 7 nitrogen and oxygen atoms in total. The molecular weight excluding hydrogens is 341 g/mol. The van der Waals surface area contributed by atoms with Gasteiger partial charge in [-0.15, -0.1) is 0 Å². The van der Waals surface area contributed by atoms with Gasteiger partial charge in [0.2, 0.25) is 0 Å². The van der Waals surface area contributed by atoms with Crippen LogP contribution in [0.15, 0.2) is 6.20 Å². The van der Waals surface area contributed by atoms with Gasteiger partial charge in [0, 0.05) is 31.9 Å². The number of hydrogen-bond acceptors (Lipinski definition) is 3. The highest BCUT2D eigenvalue weighted by Gasteiger charge is 2.53. The minimum atomic E-state index is -4.65. The van der Waals surface area contributed by atoms with Gasteiger partial charge in [-0.2, -0.15) is 18.3 Å². The third-order valence-corrected chi connectivity index (χ3v) is 4.86. The normalized spacial score (nSPS) is 26.4. The molecule has 0 saturated carbocycles. The summed E-state index contributed by atoms with van der Waals surface area (Å²) in [6.07, 6.45) is -0.577. The van der Waals surface area contributed by atoms with E-state index in [2.05, 4.69) is 10.4 Å². The van der Waals surface area contributed by atoms with E-state index in [1.807, 2.05) is 0 Å². The first kappa shape index (κ1) is 17.6. The Kier molecular flexibility index (Phi) is 4.38. The van der Waals surface area contributed by atoms with Crippen LogP contribution in [0.4, 0.5) is 18.0 Å². The van der Waals surface area contributed by atoms with Crippen molar-refractivity contribution >= 4 is 12.0 Å². The molecule has 1 unspecified atom stereocenters. The lowest BCUT2D eigenvalue weighted by molar-refractivity contribution is -0.187. The molecule has 0 spiro atoms. The van der Waals surface area contributed by atoms with Crippen LogP contribution < -0.4 is 5.32 Å². The Hall–Kier alpha value is -2.26. The van der Waals surface area contributed by atoms with E-state index in [9.17, 15) is 22.8 Å². The average molecular weight is 360 g/mol. The van der Waals surface area contributed by atoms with Gasteiger partial charge in [0.1, 0.15) is 0 Å². The van der Waals surface area contributed by atoms with E-state index < -0.39 is 43.1 Å². The average Bonchev–Trinajstić information content (AvgIpc) is 3.10. The van der Waals surface area contributed by atoms with Crippen LogP contribution in [0.5, 0.6) is 0 Å². The maximum absolute atomic E-state index is 13.0. The number of halogens is 3. The molecule has 2 N–H and O–H groups in total. The number of hydrogen-bond donors (Lipinski definition) is 2. The molecule has 0 aromatic carbocycles. The van der Waals surface area contributed by atoms with E-state index in [1.165, 1.54) is 0 Å². The number of nitrogens with zero attached hydrogens (tertiary/aromatic N) is 3. The Morgan fingerprint density at radius 2 is 2.08 bits per heavy atom. The summed E-state index contributed by atoms with van der Waals surface area (Å²) < 4.78 is 40.7. The van der Waals surface area contributed by atoms with Crippen molar-refractivity contribution in [1.29, 1.82) is 0 Å². The summed E-state index contributed by atoms with van der Waals surface area (Å²) in [7, 11) is 1.77. The Balaban J connectivity index is 1.71. The fourth-order valence-electron chi connectivity index (χ4n) is 3.61. The predicted molar refractivity (Wildman–Crippen MR) is 79.7 cm³/mol. The molecule has 1 aromatic heterocycles. The highest BCUT2D eigenvalue weighted by molar-refractivity contribution is 5.78. The van der Waals surface area contributed by atoms with Crippen molar-refractivity contribution in [1.82, 2.24) is 20.0 Å². The van der Waals surface area contributed by atoms with E-state index in [0.717, 1.165) is 29.0 Å². The molecule has 0 radical (unpaired) electrons. The number of amides is 2. The van der Waals surface area contributed by atoms with Gasteiger partial charge in [0.25, 0.3) is 0 Å². The molecule has 25 heavy (non-hydrogen) atoms. The number of nitrogens with one attached hydrogen (secondary N) is 1. The lowest BCUT2D eigenvalue weighted by atomic mass is 9.93. The number of aliphatic carboxylic acids is 1. The molecule has 10 heteroatoms. The second-order valence-electron chi connectivity index (χ2n) is 6.60. The molecule has 138 valence electrons. The summed E-state index contributed by atoms with van der Waals surface area (Å²) >= 11 is 0. The van der Waals surface area contributed by atoms with Gasteiger partial charge >= 0.3 is 18.2 Å². The van der Waals surface area contributed by atoms with E-state index in [4.69, 9.17) is 5.11 Å². The summed E-state index contributed by atoms with van der Waals surface area (Å²) in [5.41, 5.74) is 1.74. The van der Waals surface area contributed by atoms with Gasteiger partial charge in [-0.25, -0.2) is 4.79 Å². The van der Waals surface area contributed by atoms with Crippen molar-refractivity contribution in [2.24, 2.45) is 18.9 Å². The zero-order chi connectivity index (χ0) is 18.4. The Labute approximate surface area is 141 Å². The largest absolute Gasteiger partial charge is 0.481 e. The zero-order valence-corrected chi connectivity index (χ0v) is 13.6. The van der Waals surface area contributed by atoms with Crippen LogP contribution in [0.2, 0.25) is 0 Å². The monoisotopic (exact) mass is 360 g/mol. The van der Waals surface area contributed by atoms with Crippen molar-refractivity contribution < 1.29 is 27.9 Å². The van der Waals surface area contributed by atoms with Crippen LogP contribution in [0, 0.1) is 11.8 Å². The molecular formula is C15H19F3N4O3. The number of aromatic nitrogens is 2. The molecule has 1 aliphatic carbocycles. The van der Waals surface area contributed by atoms with Gasteiger partial charge in [0.15, 0.2) is 0 Å². The minimum absolute atomic E-state index is 0.321. The standard InChI is InChI=1S/C15H19F3N4O3/c1-21-5-9-11(3-2-4-12(9)20-21)19-14(25)22-6-8(13(23)24)10(7-22)15(16,17)18/h5,8,10-11H,2-4,6-7H2,1H3,(H,19,25)(H,23,24)/t8-,10-,11?/m1/s1. The van der Waals surface area contributed by atoms with Crippen molar-refractivity contribution in [2.45, 2.75) is 31.5 Å². The van der Waals surface area contributed by atoms with E-state index in [1.54, 1.807) is 17.9 Å². The second-order valence-corrected chi connectivity index (χ2v) is 6.60. The van der Waals surface area contributed by atoms with Crippen LogP contribution in [0.25, 0.3) is 0 Å². The Morgan fingerprint density at radius 3 is 2.68 bits per heavy atom. The number of carbonyl (C=O) groups excluding carboxylic acids is 1. The smallest absolute Gasteiger partial charge is 0.394 e. The van der Waals surface area contributed by atoms with Gasteiger partial charge < -0.3 is 15.3 Å². The van der Waals surface area contributed by atoms with Crippen LogP contribution in [0.3, 0.4) is 0 Å². The molecule has 2 aliphatic rings. The van der Waals surface area contributed by atoms with E-state index in [0.29, 0.717) is 6.42 Å². The molecule has 2 heterocycles. The highest BCUT2D eigenvalue weighted by atomic mass is 19.4. The SMILES string of the molecule is Cn1cc2c(n1)CCCC2NC(=O)N1C[C@@H](C(F)(F)F)[C@H](C(=O)O)C1. The number of likely N-dealkylation sites (tertiary alicyclic amines) is 1. The fourth-order valence-corrected chi connectivity index (χ4v) is 3.61. The lowest BCUT2D eigenvalue weighted by Gasteiger charge is -2.26. The molecule has 1 aliphatic heterocycles. The summed E-state index contributed by atoms with van der Waals surface area (Å²) in [6.45, 7) is -1.09. The zero-order valence-electron chi connectivity index (χ0n) is 13.6. The first-order valence-electron chi connectivity index (χ1n) is 8.04. The number of carboxylic acids is 1. The van der Waals surface area contributed by atoms with Crippen molar-refractivity contribution in [3.8, 4) is 0 Å². The second kappa shape index (κ2) is 6.23. The molecule has 0 bridgehead atoms. The number of aryl methyl sites for hydroxylation is 2. The quantitative estimate of drug-likeness (QED) is 0.840. The van der Waals surface area contributed by atoms with Crippen LogP contribution in [-0.4, -0.2) is 51.1 Å². The number of carboxylic acid groups (broad SMARTS) is 1. The summed E-state index contributed by atoms with van der Waals surface area (Å²) in [5, 5.41) is 16.1. The van der Waals surface area contributed by atoms with Crippen LogP contribution in [0.1, 0.15) is 30.1 Å². The number of alkyl halides is 3. The predicted octanol–water partition coefficient (Wildman–Crippen LogP) is 1.70. The van der Waals surface area contributed by atoms with Gasteiger partial charge in [0.05, 0.1) is 23.6 Å². The fraction of sp³-hybridized carbons (Fsp3) is 0.667. The summed E-state index contributed by atoms with van der Waals surface area (Å²) in [4.78, 5) is 24.5. The maximum atomic E-state index is 13.0. The highest BCUT2D eigenvalue weighted by Crippen LogP contribution is 2.38. The number of carbonyl (C=O) groups is 2. The van der Waals surface area contributed by atoms with Crippen molar-refractivity contribution in [3.05, 3.63) is 17.5 Å². The Bertz CT molecular complexity index is 688. The number of rotatable bonds is 2. The van der Waals surface area contributed by atoms with Crippen LogP contribution >= 0.6 is 0 Å². The maximum Gasteiger partial charge on any atom is 0.394 e. The summed E-state index contributed by atoms with van der Waals surface area (Å²) in [5.74, 6) is -5.22. The molecule has 2 amide bonds. The van der Waals surface area contributed by atoms with Gasteiger partial charge in [-0.3, -0.25) is 9.48 Å². The molecule has 1 fully saturated rings. The third-order valence-electron chi connectivity index (χ3n) is 4.86. The molecule has 3 rings (SSSR count). The first-order chi connectivity index (χ1) is 11.7. The van der Waals surface area contributed by atoms with Crippen molar-refractivity contribution in [2.75, 3.05) is 13.1 Å². The topological polar surface area (TPSA) is 87.5 Å². The molecule has 1 saturated heterocycles. The van der Waals surface area contributed by atoms with Crippen molar-refractivity contribution in [3.63, 3.8) is 0 Å².